The van der Waals surface area contributed by atoms with Gasteiger partial charge in [-0.15, -0.1) is 0 Å². The van der Waals surface area contributed by atoms with E-state index in [0.717, 1.165) is 11.6 Å². The van der Waals surface area contributed by atoms with Gasteiger partial charge in [-0.3, -0.25) is 4.79 Å². The van der Waals surface area contributed by atoms with Crippen molar-refractivity contribution in [2.75, 3.05) is 6.61 Å². The van der Waals surface area contributed by atoms with Gasteiger partial charge in [-0.2, -0.15) is 0 Å². The Morgan fingerprint density at radius 3 is 2.67 bits per heavy atom. The molecule has 0 amide bonds. The molecule has 1 aromatic carbocycles. The first-order valence-electron chi connectivity index (χ1n) is 5.34. The molecule has 18 heavy (non-hydrogen) atoms. The SMILES string of the molecule is CCOC(=O)C(=O)/C=C(\O)c1ccc(Cl)c(C)c1. The van der Waals surface area contributed by atoms with E-state index in [2.05, 4.69) is 4.74 Å². The largest absolute Gasteiger partial charge is 0.507 e. The Hall–Kier alpha value is -1.81. The first kappa shape index (κ1) is 14.3. The van der Waals surface area contributed by atoms with E-state index in [1.165, 1.54) is 0 Å². The van der Waals surface area contributed by atoms with E-state index in [9.17, 15) is 14.7 Å². The molecule has 0 saturated heterocycles. The standard InChI is InChI=1S/C13H13ClO4/c1-3-18-13(17)12(16)7-11(15)9-4-5-10(14)8(2)6-9/h4-7,15H,3H2,1-2H3/b11-7-. The van der Waals surface area contributed by atoms with Crippen LogP contribution in [0.3, 0.4) is 0 Å². The number of hydrogen-bond acceptors (Lipinski definition) is 4. The number of carbonyl (C=O) groups excluding carboxylic acids is 2. The maximum Gasteiger partial charge on any atom is 0.379 e. The van der Waals surface area contributed by atoms with Gasteiger partial charge in [0.25, 0.3) is 5.78 Å². The Kier molecular flexibility index (Phi) is 4.92. The zero-order valence-electron chi connectivity index (χ0n) is 10.1. The van der Waals surface area contributed by atoms with E-state index in [4.69, 9.17) is 11.6 Å². The van der Waals surface area contributed by atoms with Crippen LogP contribution >= 0.6 is 11.6 Å². The Morgan fingerprint density at radius 1 is 1.44 bits per heavy atom. The average Bonchev–Trinajstić information content (AvgIpc) is 2.32. The number of aryl methyl sites for hydroxylation is 1. The van der Waals surface area contributed by atoms with Crippen molar-refractivity contribution in [3.05, 3.63) is 40.4 Å². The molecule has 0 aromatic heterocycles. The molecular weight excluding hydrogens is 256 g/mol. The molecular formula is C13H13ClO4. The summed E-state index contributed by atoms with van der Waals surface area (Å²) in [4.78, 5) is 22.4. The lowest BCUT2D eigenvalue weighted by atomic mass is 10.1. The maximum absolute atomic E-state index is 11.3. The summed E-state index contributed by atoms with van der Waals surface area (Å²) < 4.78 is 4.52. The summed E-state index contributed by atoms with van der Waals surface area (Å²) in [5, 5.41) is 10.3. The number of carbonyl (C=O) groups is 2. The van der Waals surface area contributed by atoms with Crippen molar-refractivity contribution in [3.8, 4) is 0 Å². The number of benzene rings is 1. The van der Waals surface area contributed by atoms with Gasteiger partial charge in [0.1, 0.15) is 5.76 Å². The lowest BCUT2D eigenvalue weighted by molar-refractivity contribution is -0.151. The summed E-state index contributed by atoms with van der Waals surface area (Å²) in [6.07, 6.45) is 0.834. The van der Waals surface area contributed by atoms with Crippen molar-refractivity contribution < 1.29 is 19.4 Å². The zero-order valence-corrected chi connectivity index (χ0v) is 10.8. The first-order valence-corrected chi connectivity index (χ1v) is 5.71. The lowest BCUT2D eigenvalue weighted by Crippen LogP contribution is -2.15. The molecule has 0 saturated carbocycles. The number of halogens is 1. The molecule has 0 atom stereocenters. The first-order chi connectivity index (χ1) is 8.45. The minimum atomic E-state index is -0.991. The van der Waals surface area contributed by atoms with Crippen molar-refractivity contribution in [2.45, 2.75) is 13.8 Å². The molecule has 0 aliphatic heterocycles. The molecule has 0 aliphatic carbocycles. The van der Waals surface area contributed by atoms with Gasteiger partial charge in [-0.05, 0) is 37.6 Å². The van der Waals surface area contributed by atoms with Crippen molar-refractivity contribution in [1.82, 2.24) is 0 Å². The number of hydrogen-bond donors (Lipinski definition) is 1. The Morgan fingerprint density at radius 2 is 2.11 bits per heavy atom. The second kappa shape index (κ2) is 6.21. The Balaban J connectivity index is 2.92. The maximum atomic E-state index is 11.3. The van der Waals surface area contributed by atoms with E-state index >= 15 is 0 Å². The van der Waals surface area contributed by atoms with Crippen LogP contribution in [0.4, 0.5) is 0 Å². The quantitative estimate of drug-likeness (QED) is 0.395. The van der Waals surface area contributed by atoms with Crippen molar-refractivity contribution in [3.63, 3.8) is 0 Å². The van der Waals surface area contributed by atoms with E-state index in [0.29, 0.717) is 10.6 Å². The predicted molar refractivity (Wildman–Crippen MR) is 68.4 cm³/mol. The predicted octanol–water partition coefficient (Wildman–Crippen LogP) is 2.68. The number of aliphatic hydroxyl groups excluding tert-OH is 1. The molecule has 0 aliphatic rings. The molecule has 1 aromatic rings. The molecule has 0 heterocycles. The molecule has 1 N–H and O–H groups in total. The molecule has 0 spiro atoms. The number of ether oxygens (including phenoxy) is 1. The van der Waals surface area contributed by atoms with Crippen molar-refractivity contribution in [1.29, 1.82) is 0 Å². The molecule has 4 nitrogen and oxygen atoms in total. The lowest BCUT2D eigenvalue weighted by Gasteiger charge is -2.03. The molecule has 96 valence electrons. The van der Waals surface area contributed by atoms with Crippen LogP contribution in [0.2, 0.25) is 5.02 Å². The highest BCUT2D eigenvalue weighted by Crippen LogP contribution is 2.20. The van der Waals surface area contributed by atoms with E-state index < -0.39 is 11.8 Å². The van der Waals surface area contributed by atoms with Gasteiger partial charge < -0.3 is 9.84 Å². The van der Waals surface area contributed by atoms with Crippen LogP contribution in [0.1, 0.15) is 18.1 Å². The summed E-state index contributed by atoms with van der Waals surface area (Å²) >= 11 is 5.84. The fraction of sp³-hybridized carbons (Fsp3) is 0.231. The number of rotatable bonds is 4. The van der Waals surface area contributed by atoms with Crippen molar-refractivity contribution >= 4 is 29.1 Å². The van der Waals surface area contributed by atoms with Crippen LogP contribution in [0.25, 0.3) is 5.76 Å². The van der Waals surface area contributed by atoms with Gasteiger partial charge in [-0.25, -0.2) is 4.79 Å². The third-order valence-corrected chi connectivity index (χ3v) is 2.62. The highest BCUT2D eigenvalue weighted by Gasteiger charge is 2.13. The highest BCUT2D eigenvalue weighted by molar-refractivity contribution is 6.39. The zero-order chi connectivity index (χ0) is 13.7. The fourth-order valence-corrected chi connectivity index (χ4v) is 1.39. The minimum absolute atomic E-state index is 0.110. The van der Waals surface area contributed by atoms with Crippen LogP contribution in [-0.2, 0) is 14.3 Å². The number of aliphatic hydroxyl groups is 1. The topological polar surface area (TPSA) is 63.6 Å². The van der Waals surface area contributed by atoms with Gasteiger partial charge in [0.15, 0.2) is 0 Å². The highest BCUT2D eigenvalue weighted by atomic mass is 35.5. The van der Waals surface area contributed by atoms with Crippen LogP contribution in [0.15, 0.2) is 24.3 Å². The van der Waals surface area contributed by atoms with Gasteiger partial charge >= 0.3 is 5.97 Å². The van der Waals surface area contributed by atoms with Gasteiger partial charge in [-0.1, -0.05) is 11.6 Å². The fourth-order valence-electron chi connectivity index (χ4n) is 1.27. The summed E-state index contributed by atoms with van der Waals surface area (Å²) in [5.74, 6) is -2.19. The molecule has 1 rings (SSSR count). The van der Waals surface area contributed by atoms with Crippen LogP contribution in [0, 0.1) is 6.92 Å². The molecule has 0 radical (unpaired) electrons. The van der Waals surface area contributed by atoms with Crippen molar-refractivity contribution in [2.24, 2.45) is 0 Å². The van der Waals surface area contributed by atoms with Gasteiger partial charge in [0.2, 0.25) is 0 Å². The summed E-state index contributed by atoms with van der Waals surface area (Å²) in [7, 11) is 0. The molecule has 5 heteroatoms. The normalized spacial score (nSPS) is 11.2. The van der Waals surface area contributed by atoms with E-state index in [1.807, 2.05) is 0 Å². The van der Waals surface area contributed by atoms with Gasteiger partial charge in [0.05, 0.1) is 6.61 Å². The Bertz CT molecular complexity index is 506. The van der Waals surface area contributed by atoms with Crippen LogP contribution in [-0.4, -0.2) is 23.5 Å². The van der Waals surface area contributed by atoms with E-state index in [1.54, 1.807) is 32.0 Å². The molecule has 0 bridgehead atoms. The van der Waals surface area contributed by atoms with Crippen LogP contribution < -0.4 is 0 Å². The second-order valence-corrected chi connectivity index (χ2v) is 3.99. The molecule has 0 fully saturated rings. The van der Waals surface area contributed by atoms with Gasteiger partial charge in [0, 0.05) is 16.7 Å². The second-order valence-electron chi connectivity index (χ2n) is 3.58. The van der Waals surface area contributed by atoms with E-state index in [-0.39, 0.29) is 12.4 Å². The third-order valence-electron chi connectivity index (χ3n) is 2.20. The number of ketones is 1. The third kappa shape index (κ3) is 3.60. The number of esters is 1. The molecule has 0 unspecified atom stereocenters. The summed E-state index contributed by atoms with van der Waals surface area (Å²) in [6.45, 7) is 3.48. The monoisotopic (exact) mass is 268 g/mol. The average molecular weight is 269 g/mol. The minimum Gasteiger partial charge on any atom is -0.507 e. The summed E-state index contributed by atoms with van der Waals surface area (Å²) in [5.41, 5.74) is 1.17. The Labute approximate surface area is 110 Å². The smallest absolute Gasteiger partial charge is 0.379 e. The van der Waals surface area contributed by atoms with Crippen LogP contribution in [0.5, 0.6) is 0 Å². The summed E-state index contributed by atoms with van der Waals surface area (Å²) in [6, 6.07) is 4.78.